The van der Waals surface area contributed by atoms with Crippen molar-refractivity contribution in [2.24, 2.45) is 0 Å². The molecule has 0 saturated carbocycles. The van der Waals surface area contributed by atoms with Gasteiger partial charge in [0.2, 0.25) is 0 Å². The van der Waals surface area contributed by atoms with Gasteiger partial charge in [0.25, 0.3) is 5.56 Å². The largest absolute Gasteiger partial charge is 0.376 e. The van der Waals surface area contributed by atoms with E-state index in [0.29, 0.717) is 11.9 Å². The fourth-order valence-electron chi connectivity index (χ4n) is 3.61. The van der Waals surface area contributed by atoms with E-state index >= 15 is 0 Å². The maximum Gasteiger partial charge on any atom is 0.262 e. The molecule has 7 heteroatoms. The molecule has 4 rings (SSSR count). The van der Waals surface area contributed by atoms with Gasteiger partial charge in [-0.05, 0) is 25.0 Å². The summed E-state index contributed by atoms with van der Waals surface area (Å²) in [6.45, 7) is 6.28. The molecule has 0 bridgehead atoms. The molecule has 26 heavy (non-hydrogen) atoms. The smallest absolute Gasteiger partial charge is 0.262 e. The molecule has 0 unspecified atom stereocenters. The highest BCUT2D eigenvalue weighted by Crippen LogP contribution is 2.20. The second kappa shape index (κ2) is 8.52. The topological polar surface area (TPSA) is 57.8 Å². The van der Waals surface area contributed by atoms with Gasteiger partial charge in [-0.2, -0.15) is 0 Å². The lowest BCUT2D eigenvalue weighted by molar-refractivity contribution is -0.905. The summed E-state index contributed by atoms with van der Waals surface area (Å²) >= 11 is 1.69. The Kier molecular flexibility index (Phi) is 5.89. The van der Waals surface area contributed by atoms with Crippen molar-refractivity contribution in [2.45, 2.75) is 30.6 Å². The lowest BCUT2D eigenvalue weighted by Gasteiger charge is -2.23. The third-order valence-corrected chi connectivity index (χ3v) is 6.10. The van der Waals surface area contributed by atoms with Crippen molar-refractivity contribution in [3.63, 3.8) is 0 Å². The minimum atomic E-state index is 0.0484. The molecule has 1 aromatic heterocycles. The molecule has 2 aromatic rings. The van der Waals surface area contributed by atoms with Crippen LogP contribution in [0.25, 0.3) is 10.9 Å². The fourth-order valence-corrected chi connectivity index (χ4v) is 4.66. The van der Waals surface area contributed by atoms with Gasteiger partial charge in [0.1, 0.15) is 13.1 Å². The molecule has 2 aliphatic rings. The zero-order chi connectivity index (χ0) is 17.8. The van der Waals surface area contributed by atoms with Gasteiger partial charge >= 0.3 is 0 Å². The van der Waals surface area contributed by atoms with Crippen LogP contribution in [0.15, 0.2) is 34.2 Å². The van der Waals surface area contributed by atoms with Crippen LogP contribution >= 0.6 is 11.8 Å². The third kappa shape index (κ3) is 4.11. The molecule has 2 aliphatic heterocycles. The summed E-state index contributed by atoms with van der Waals surface area (Å²) in [5.41, 5.74) is 0.828. The lowest BCUT2D eigenvalue weighted by Crippen LogP contribution is -3.14. The van der Waals surface area contributed by atoms with Gasteiger partial charge in [-0.25, -0.2) is 4.98 Å². The molecule has 0 amide bonds. The molecule has 3 heterocycles. The second-order valence-electron chi connectivity index (χ2n) is 6.92. The minimum Gasteiger partial charge on any atom is -0.376 e. The number of nitrogens with one attached hydrogen (secondary N) is 1. The molecule has 1 aromatic carbocycles. The van der Waals surface area contributed by atoms with E-state index in [0.717, 1.165) is 68.7 Å². The molecule has 2 saturated heterocycles. The van der Waals surface area contributed by atoms with E-state index in [1.54, 1.807) is 16.7 Å². The van der Waals surface area contributed by atoms with E-state index in [-0.39, 0.29) is 11.7 Å². The van der Waals surface area contributed by atoms with Crippen molar-refractivity contribution >= 4 is 22.7 Å². The molecule has 0 radical (unpaired) electrons. The van der Waals surface area contributed by atoms with Crippen molar-refractivity contribution < 1.29 is 14.4 Å². The van der Waals surface area contributed by atoms with Crippen LogP contribution < -0.4 is 10.5 Å². The Bertz CT molecular complexity index is 798. The Labute approximate surface area is 157 Å². The number of fused-ring (bicyclic) bond motifs is 1. The van der Waals surface area contributed by atoms with E-state index in [1.165, 1.54) is 0 Å². The monoisotopic (exact) mass is 376 g/mol. The van der Waals surface area contributed by atoms with E-state index in [4.69, 9.17) is 14.5 Å². The number of hydrogen-bond donors (Lipinski definition) is 1. The van der Waals surface area contributed by atoms with E-state index in [1.807, 2.05) is 28.8 Å². The van der Waals surface area contributed by atoms with Gasteiger partial charge in [0.05, 0.1) is 49.1 Å². The molecule has 0 aliphatic carbocycles. The zero-order valence-electron chi connectivity index (χ0n) is 15.0. The van der Waals surface area contributed by atoms with Crippen molar-refractivity contribution in [3.05, 3.63) is 34.6 Å². The highest BCUT2D eigenvalue weighted by molar-refractivity contribution is 7.99. The molecule has 0 spiro atoms. The lowest BCUT2D eigenvalue weighted by atomic mass is 10.2. The van der Waals surface area contributed by atoms with Crippen LogP contribution in [0.4, 0.5) is 0 Å². The summed E-state index contributed by atoms with van der Waals surface area (Å²) < 4.78 is 13.0. The van der Waals surface area contributed by atoms with Gasteiger partial charge in [-0.3, -0.25) is 9.36 Å². The summed E-state index contributed by atoms with van der Waals surface area (Å²) in [5.74, 6) is 0.950. The second-order valence-corrected chi connectivity index (χ2v) is 7.99. The average Bonchev–Trinajstić information content (AvgIpc) is 3.19. The summed E-state index contributed by atoms with van der Waals surface area (Å²) in [6.07, 6.45) is 2.21. The summed E-state index contributed by atoms with van der Waals surface area (Å²) in [7, 11) is 0. The van der Waals surface area contributed by atoms with Gasteiger partial charge in [-0.15, -0.1) is 0 Å². The summed E-state index contributed by atoms with van der Waals surface area (Å²) in [6, 6.07) is 7.62. The molecule has 1 atom stereocenters. The van der Waals surface area contributed by atoms with Crippen molar-refractivity contribution in [1.29, 1.82) is 0 Å². The first-order valence-electron chi connectivity index (χ1n) is 9.46. The predicted octanol–water partition coefficient (Wildman–Crippen LogP) is 0.583. The average molecular weight is 377 g/mol. The first kappa shape index (κ1) is 18.0. The Morgan fingerprint density at radius 2 is 2.08 bits per heavy atom. The number of ether oxygens (including phenoxy) is 2. The number of aromatic nitrogens is 2. The summed E-state index contributed by atoms with van der Waals surface area (Å²) in [5, 5.41) is 1.51. The third-order valence-electron chi connectivity index (χ3n) is 5.12. The maximum absolute atomic E-state index is 13.0. The number of hydrogen-bond acceptors (Lipinski definition) is 5. The Morgan fingerprint density at radius 3 is 2.88 bits per heavy atom. The molecule has 1 N–H and O–H groups in total. The predicted molar refractivity (Wildman–Crippen MR) is 102 cm³/mol. The first-order chi connectivity index (χ1) is 12.8. The standard InChI is InChI=1S/C19H25N3O3S/c23-18-16-5-1-2-6-17(16)20-19(22(18)14-15-4-3-10-25-15)26-13-9-21-7-11-24-12-8-21/h1-2,5-6,15H,3-4,7-14H2/p+1/t15-/m1/s1. The SMILES string of the molecule is O=c1c2ccccc2nc(SCC[NH+]2CCOCC2)n1C[C@H]1CCCO1. The first-order valence-corrected chi connectivity index (χ1v) is 10.4. The molecule has 2 fully saturated rings. The van der Waals surface area contributed by atoms with Gasteiger partial charge in [0, 0.05) is 6.61 Å². The minimum absolute atomic E-state index is 0.0484. The highest BCUT2D eigenvalue weighted by Gasteiger charge is 2.21. The Hall–Kier alpha value is -1.41. The van der Waals surface area contributed by atoms with Crippen LogP contribution in [-0.4, -0.2) is 60.9 Å². The number of quaternary nitrogens is 1. The molecule has 6 nitrogen and oxygen atoms in total. The quantitative estimate of drug-likeness (QED) is 0.591. The Balaban J connectivity index is 1.55. The van der Waals surface area contributed by atoms with E-state index in [2.05, 4.69) is 0 Å². The van der Waals surface area contributed by atoms with Crippen LogP contribution in [-0.2, 0) is 16.0 Å². The van der Waals surface area contributed by atoms with Crippen LogP contribution in [0.5, 0.6) is 0 Å². The fraction of sp³-hybridized carbons (Fsp3) is 0.579. The number of benzene rings is 1. The number of nitrogens with zero attached hydrogens (tertiary/aromatic N) is 2. The highest BCUT2D eigenvalue weighted by atomic mass is 32.2. The zero-order valence-corrected chi connectivity index (χ0v) is 15.8. The normalized spacial score (nSPS) is 21.5. The van der Waals surface area contributed by atoms with Gasteiger partial charge < -0.3 is 14.4 Å². The number of thioether (sulfide) groups is 1. The van der Waals surface area contributed by atoms with Crippen LogP contribution in [0.3, 0.4) is 0 Å². The van der Waals surface area contributed by atoms with Crippen LogP contribution in [0, 0.1) is 0 Å². The van der Waals surface area contributed by atoms with Crippen LogP contribution in [0.2, 0.25) is 0 Å². The Morgan fingerprint density at radius 1 is 1.23 bits per heavy atom. The molecule has 140 valence electrons. The van der Waals surface area contributed by atoms with Gasteiger partial charge in [-0.1, -0.05) is 23.9 Å². The van der Waals surface area contributed by atoms with Crippen molar-refractivity contribution in [2.75, 3.05) is 45.2 Å². The van der Waals surface area contributed by atoms with Crippen LogP contribution in [0.1, 0.15) is 12.8 Å². The van der Waals surface area contributed by atoms with Crippen molar-refractivity contribution in [3.8, 4) is 0 Å². The number of morpholine rings is 1. The molecular formula is C19H26N3O3S+. The molecular weight excluding hydrogens is 350 g/mol. The number of rotatable bonds is 6. The van der Waals surface area contributed by atoms with Gasteiger partial charge in [0.15, 0.2) is 5.16 Å². The maximum atomic E-state index is 13.0. The van der Waals surface area contributed by atoms with E-state index in [9.17, 15) is 4.79 Å². The number of para-hydroxylation sites is 1. The summed E-state index contributed by atoms with van der Waals surface area (Å²) in [4.78, 5) is 19.4. The van der Waals surface area contributed by atoms with Crippen molar-refractivity contribution in [1.82, 2.24) is 9.55 Å². The van der Waals surface area contributed by atoms with E-state index < -0.39 is 0 Å².